The number of carboxylic acids is 1. The molecular formula is C15H15NO3S2. The lowest BCUT2D eigenvalue weighted by atomic mass is 10.2. The smallest absolute Gasteiger partial charge is 0.335 e. The third-order valence-electron chi connectivity index (χ3n) is 2.80. The Balaban J connectivity index is 1.86. The minimum atomic E-state index is -0.965. The van der Waals surface area contributed by atoms with Crippen LogP contribution < -0.4 is 5.32 Å². The largest absolute Gasteiger partial charge is 0.478 e. The van der Waals surface area contributed by atoms with Crippen molar-refractivity contribution in [2.75, 3.05) is 5.75 Å². The van der Waals surface area contributed by atoms with E-state index >= 15 is 0 Å². The first-order valence-electron chi connectivity index (χ1n) is 6.35. The number of thiophene rings is 1. The maximum Gasteiger partial charge on any atom is 0.335 e. The Morgan fingerprint density at radius 1 is 1.33 bits per heavy atom. The van der Waals surface area contributed by atoms with E-state index in [4.69, 9.17) is 5.11 Å². The van der Waals surface area contributed by atoms with Crippen LogP contribution in [0.25, 0.3) is 0 Å². The van der Waals surface area contributed by atoms with Gasteiger partial charge in [-0.15, -0.1) is 23.1 Å². The molecule has 1 atom stereocenters. The summed E-state index contributed by atoms with van der Waals surface area (Å²) in [6.07, 6.45) is 0. The zero-order valence-electron chi connectivity index (χ0n) is 11.4. The molecule has 0 saturated heterocycles. The van der Waals surface area contributed by atoms with E-state index < -0.39 is 5.97 Å². The molecule has 1 heterocycles. The van der Waals surface area contributed by atoms with E-state index in [0.29, 0.717) is 0 Å². The number of nitrogens with one attached hydrogen (secondary N) is 1. The predicted octanol–water partition coefficient (Wildman–Crippen LogP) is 3.42. The van der Waals surface area contributed by atoms with Crippen LogP contribution in [0, 0.1) is 0 Å². The fourth-order valence-electron chi connectivity index (χ4n) is 1.76. The van der Waals surface area contributed by atoms with Crippen molar-refractivity contribution in [3.63, 3.8) is 0 Å². The van der Waals surface area contributed by atoms with Crippen molar-refractivity contribution in [1.29, 1.82) is 0 Å². The summed E-state index contributed by atoms with van der Waals surface area (Å²) in [6, 6.07) is 10.5. The second-order valence-corrected chi connectivity index (χ2v) is 6.45. The minimum Gasteiger partial charge on any atom is -0.478 e. The van der Waals surface area contributed by atoms with Crippen molar-refractivity contribution in [3.05, 3.63) is 52.2 Å². The molecule has 1 aromatic carbocycles. The van der Waals surface area contributed by atoms with Crippen molar-refractivity contribution in [2.24, 2.45) is 0 Å². The fourth-order valence-corrected chi connectivity index (χ4v) is 3.26. The molecule has 0 spiro atoms. The molecule has 2 rings (SSSR count). The van der Waals surface area contributed by atoms with Crippen LogP contribution in [0.2, 0.25) is 0 Å². The van der Waals surface area contributed by atoms with Gasteiger partial charge in [0, 0.05) is 9.77 Å². The molecule has 0 aliphatic rings. The summed E-state index contributed by atoms with van der Waals surface area (Å²) < 4.78 is 0. The lowest BCUT2D eigenvalue weighted by molar-refractivity contribution is -0.119. The van der Waals surface area contributed by atoms with E-state index in [9.17, 15) is 9.59 Å². The van der Waals surface area contributed by atoms with E-state index in [-0.39, 0.29) is 23.3 Å². The van der Waals surface area contributed by atoms with Gasteiger partial charge in [-0.1, -0.05) is 12.1 Å². The van der Waals surface area contributed by atoms with Crippen LogP contribution in [0.1, 0.15) is 28.2 Å². The molecule has 1 aromatic heterocycles. The molecule has 0 aliphatic carbocycles. The van der Waals surface area contributed by atoms with Crippen molar-refractivity contribution < 1.29 is 14.7 Å². The molecule has 0 saturated carbocycles. The average Bonchev–Trinajstić information content (AvgIpc) is 2.99. The van der Waals surface area contributed by atoms with E-state index in [0.717, 1.165) is 9.77 Å². The van der Waals surface area contributed by atoms with Crippen LogP contribution in [0.5, 0.6) is 0 Å². The molecule has 0 fully saturated rings. The van der Waals surface area contributed by atoms with E-state index in [1.54, 1.807) is 29.5 Å². The first kappa shape index (κ1) is 15.6. The minimum absolute atomic E-state index is 0.0107. The Morgan fingerprint density at radius 3 is 2.81 bits per heavy atom. The number of hydrogen-bond acceptors (Lipinski definition) is 4. The van der Waals surface area contributed by atoms with Gasteiger partial charge >= 0.3 is 5.97 Å². The zero-order chi connectivity index (χ0) is 15.2. The number of aromatic carboxylic acids is 1. The number of carbonyl (C=O) groups excluding carboxylic acids is 1. The monoisotopic (exact) mass is 321 g/mol. The van der Waals surface area contributed by atoms with Gasteiger partial charge in [-0.2, -0.15) is 0 Å². The fraction of sp³-hybridized carbons (Fsp3) is 0.200. The van der Waals surface area contributed by atoms with Gasteiger partial charge in [-0.3, -0.25) is 4.79 Å². The lowest BCUT2D eigenvalue weighted by Crippen LogP contribution is -2.27. The van der Waals surface area contributed by atoms with E-state index in [1.165, 1.54) is 17.8 Å². The Morgan fingerprint density at radius 2 is 2.14 bits per heavy atom. The molecule has 6 heteroatoms. The number of carbonyl (C=O) groups is 2. The van der Waals surface area contributed by atoms with Gasteiger partial charge in [0.1, 0.15) is 0 Å². The van der Waals surface area contributed by atoms with Gasteiger partial charge in [-0.05, 0) is 36.6 Å². The number of rotatable bonds is 6. The van der Waals surface area contributed by atoms with Crippen LogP contribution in [0.3, 0.4) is 0 Å². The van der Waals surface area contributed by atoms with Gasteiger partial charge in [0.2, 0.25) is 5.91 Å². The summed E-state index contributed by atoms with van der Waals surface area (Å²) in [7, 11) is 0. The highest BCUT2D eigenvalue weighted by molar-refractivity contribution is 8.00. The summed E-state index contributed by atoms with van der Waals surface area (Å²) in [5.41, 5.74) is 0.229. The predicted molar refractivity (Wildman–Crippen MR) is 85.0 cm³/mol. The van der Waals surface area contributed by atoms with Crippen LogP contribution in [0.15, 0.2) is 46.7 Å². The molecular weight excluding hydrogens is 306 g/mol. The normalized spacial score (nSPS) is 11.9. The number of hydrogen-bond donors (Lipinski definition) is 2. The highest BCUT2D eigenvalue weighted by Crippen LogP contribution is 2.21. The van der Waals surface area contributed by atoms with Crippen LogP contribution in [0.4, 0.5) is 0 Å². The molecule has 1 amide bonds. The molecule has 4 nitrogen and oxygen atoms in total. The number of benzene rings is 1. The number of amides is 1. The molecule has 0 aliphatic heterocycles. The number of thioether (sulfide) groups is 1. The second-order valence-electron chi connectivity index (χ2n) is 4.43. The van der Waals surface area contributed by atoms with Gasteiger partial charge in [0.05, 0.1) is 17.4 Å². The molecule has 2 N–H and O–H groups in total. The summed E-state index contributed by atoms with van der Waals surface area (Å²) in [5, 5.41) is 13.8. The van der Waals surface area contributed by atoms with Crippen LogP contribution >= 0.6 is 23.1 Å². The summed E-state index contributed by atoms with van der Waals surface area (Å²) in [5.74, 6) is -0.770. The third kappa shape index (κ3) is 4.61. The Labute approximate surface area is 131 Å². The highest BCUT2D eigenvalue weighted by Gasteiger charge is 2.11. The Kier molecular flexibility index (Phi) is 5.41. The zero-order valence-corrected chi connectivity index (χ0v) is 13.0. The van der Waals surface area contributed by atoms with Crippen molar-refractivity contribution in [2.45, 2.75) is 17.9 Å². The highest BCUT2D eigenvalue weighted by atomic mass is 32.2. The van der Waals surface area contributed by atoms with Crippen molar-refractivity contribution in [3.8, 4) is 0 Å². The van der Waals surface area contributed by atoms with Crippen LogP contribution in [-0.4, -0.2) is 22.7 Å². The molecule has 0 radical (unpaired) electrons. The van der Waals surface area contributed by atoms with E-state index in [2.05, 4.69) is 5.32 Å². The van der Waals surface area contributed by atoms with Gasteiger partial charge in [0.15, 0.2) is 0 Å². The first-order chi connectivity index (χ1) is 10.1. The number of carboxylic acid groups (broad SMARTS) is 1. The maximum atomic E-state index is 11.9. The molecule has 21 heavy (non-hydrogen) atoms. The van der Waals surface area contributed by atoms with Gasteiger partial charge in [-0.25, -0.2) is 4.79 Å². The molecule has 110 valence electrons. The maximum absolute atomic E-state index is 11.9. The Hall–Kier alpha value is -1.79. The van der Waals surface area contributed by atoms with E-state index in [1.807, 2.05) is 24.4 Å². The summed E-state index contributed by atoms with van der Waals surface area (Å²) in [6.45, 7) is 1.94. The summed E-state index contributed by atoms with van der Waals surface area (Å²) in [4.78, 5) is 24.7. The lowest BCUT2D eigenvalue weighted by Gasteiger charge is -2.12. The van der Waals surface area contributed by atoms with Gasteiger partial charge in [0.25, 0.3) is 0 Å². The van der Waals surface area contributed by atoms with Crippen molar-refractivity contribution >= 4 is 35.0 Å². The Bertz CT molecular complexity index is 626. The van der Waals surface area contributed by atoms with Gasteiger partial charge < -0.3 is 10.4 Å². The SMILES string of the molecule is CC(NC(=O)CSc1cccc(C(=O)O)c1)c1cccs1. The summed E-state index contributed by atoms with van der Waals surface area (Å²) >= 11 is 2.93. The quantitative estimate of drug-likeness (QED) is 0.800. The molecule has 0 bridgehead atoms. The molecule has 2 aromatic rings. The third-order valence-corrected chi connectivity index (χ3v) is 4.85. The average molecular weight is 321 g/mol. The second kappa shape index (κ2) is 7.28. The standard InChI is InChI=1S/C15H15NO3S2/c1-10(13-6-3-7-20-13)16-14(17)9-21-12-5-2-4-11(8-12)15(18)19/h2-8,10H,9H2,1H3,(H,16,17)(H,18,19). The first-order valence-corrected chi connectivity index (χ1v) is 8.21. The topological polar surface area (TPSA) is 66.4 Å². The van der Waals surface area contributed by atoms with Crippen molar-refractivity contribution in [1.82, 2.24) is 5.32 Å². The van der Waals surface area contributed by atoms with Crippen LogP contribution in [-0.2, 0) is 4.79 Å². The molecule has 1 unspecified atom stereocenters.